The Hall–Kier alpha value is -0.615. The van der Waals surface area contributed by atoms with Crippen LogP contribution in [-0.4, -0.2) is 6.56 Å². The van der Waals surface area contributed by atoms with Crippen LogP contribution in [0.3, 0.4) is 0 Å². The van der Waals surface area contributed by atoms with Crippen LogP contribution in [0.2, 0.25) is 0 Å². The van der Waals surface area contributed by atoms with E-state index in [4.69, 9.17) is 5.26 Å². The van der Waals surface area contributed by atoms with Gasteiger partial charge in [0.1, 0.15) is 0 Å². The first-order valence-electron chi connectivity index (χ1n) is 2.31. The molecule has 0 unspecified atom stereocenters. The highest BCUT2D eigenvalue weighted by atomic mass is 32.2. The van der Waals surface area contributed by atoms with E-state index in [1.807, 2.05) is 17.6 Å². The summed E-state index contributed by atoms with van der Waals surface area (Å²) in [5, 5.41) is 10.3. The summed E-state index contributed by atoms with van der Waals surface area (Å²) in [7, 11) is 0. The fraction of sp³-hybridized carbons (Fsp3) is 0. The van der Waals surface area contributed by atoms with Crippen molar-refractivity contribution in [3.63, 3.8) is 0 Å². The molecule has 0 amide bonds. The van der Waals surface area contributed by atoms with Crippen LogP contribution in [0, 0.1) is 11.3 Å². The molecule has 0 aromatic carbocycles. The van der Waals surface area contributed by atoms with Crippen molar-refractivity contribution in [1.82, 2.24) is 0 Å². The average Bonchev–Trinajstić information content (AvgIpc) is 1.90. The predicted molar refractivity (Wildman–Crippen MR) is 37.6 cm³/mol. The SMILES string of the molecule is N#CC1=CC=CSB1. The van der Waals surface area contributed by atoms with E-state index in [0.29, 0.717) is 0 Å². The van der Waals surface area contributed by atoms with Crippen LogP contribution >= 0.6 is 11.6 Å². The Bertz CT molecular complexity index is 177. The van der Waals surface area contributed by atoms with Crippen molar-refractivity contribution in [3.8, 4) is 6.07 Å². The molecule has 38 valence electrons. The summed E-state index contributed by atoms with van der Waals surface area (Å²) in [5.41, 5.74) is 0.859. The lowest BCUT2D eigenvalue weighted by atomic mass is 9.95. The highest BCUT2D eigenvalue weighted by Crippen LogP contribution is 2.10. The van der Waals surface area contributed by atoms with Crippen LogP contribution in [0.5, 0.6) is 0 Å². The number of allylic oxidation sites excluding steroid dienone is 3. The molecule has 0 N–H and O–H groups in total. The van der Waals surface area contributed by atoms with Crippen LogP contribution < -0.4 is 0 Å². The van der Waals surface area contributed by atoms with E-state index < -0.39 is 0 Å². The molecule has 0 aromatic heterocycles. The van der Waals surface area contributed by atoms with E-state index in [1.165, 1.54) is 0 Å². The van der Waals surface area contributed by atoms with E-state index in [2.05, 4.69) is 6.07 Å². The van der Waals surface area contributed by atoms with E-state index in [-0.39, 0.29) is 0 Å². The van der Waals surface area contributed by atoms with Gasteiger partial charge in [0.15, 0.2) is 0 Å². The Labute approximate surface area is 53.2 Å². The zero-order valence-corrected chi connectivity index (χ0v) is 5.11. The smallest absolute Gasteiger partial charge is 0.194 e. The van der Waals surface area contributed by atoms with Crippen LogP contribution in [0.1, 0.15) is 0 Å². The van der Waals surface area contributed by atoms with Gasteiger partial charge >= 0.3 is 0 Å². The van der Waals surface area contributed by atoms with Gasteiger partial charge < -0.3 is 0 Å². The second-order valence-corrected chi connectivity index (χ2v) is 2.34. The largest absolute Gasteiger partial charge is 0.243 e. The first-order valence-corrected chi connectivity index (χ1v) is 3.36. The molecule has 1 aliphatic rings. The summed E-state index contributed by atoms with van der Waals surface area (Å²) in [6, 6.07) is 2.09. The molecule has 0 radical (unpaired) electrons. The Morgan fingerprint density at radius 3 is 3.00 bits per heavy atom. The highest BCUT2D eigenvalue weighted by molar-refractivity contribution is 8.25. The van der Waals surface area contributed by atoms with E-state index in [9.17, 15) is 0 Å². The first-order chi connectivity index (χ1) is 3.93. The Morgan fingerprint density at radius 1 is 1.75 bits per heavy atom. The van der Waals surface area contributed by atoms with Gasteiger partial charge in [0, 0.05) is 5.47 Å². The fourth-order valence-electron chi connectivity index (χ4n) is 0.467. The molecule has 3 heteroatoms. The molecule has 0 saturated carbocycles. The summed E-state index contributed by atoms with van der Waals surface area (Å²) in [6.45, 7) is 0.840. The quantitative estimate of drug-likeness (QED) is 0.446. The lowest BCUT2D eigenvalue weighted by molar-refractivity contribution is 1.52. The van der Waals surface area contributed by atoms with E-state index >= 15 is 0 Å². The van der Waals surface area contributed by atoms with Crippen molar-refractivity contribution >= 4 is 18.2 Å². The first kappa shape index (κ1) is 5.52. The van der Waals surface area contributed by atoms with Gasteiger partial charge in [0.25, 0.3) is 0 Å². The second kappa shape index (κ2) is 2.63. The third-order valence-electron chi connectivity index (χ3n) is 0.855. The minimum absolute atomic E-state index is 0.840. The zero-order valence-electron chi connectivity index (χ0n) is 4.29. The van der Waals surface area contributed by atoms with Gasteiger partial charge in [-0.25, -0.2) is 0 Å². The van der Waals surface area contributed by atoms with Crippen molar-refractivity contribution in [1.29, 1.82) is 5.26 Å². The van der Waals surface area contributed by atoms with Crippen molar-refractivity contribution < 1.29 is 0 Å². The van der Waals surface area contributed by atoms with Crippen molar-refractivity contribution in [3.05, 3.63) is 23.0 Å². The van der Waals surface area contributed by atoms with Crippen LogP contribution in [0.25, 0.3) is 0 Å². The van der Waals surface area contributed by atoms with Crippen molar-refractivity contribution in [2.75, 3.05) is 0 Å². The fourth-order valence-corrected chi connectivity index (χ4v) is 1.09. The summed E-state index contributed by atoms with van der Waals surface area (Å²) in [5.74, 6) is 0. The number of hydrogen-bond acceptors (Lipinski definition) is 2. The minimum atomic E-state index is 0.840. The van der Waals surface area contributed by atoms with Crippen LogP contribution in [0.15, 0.2) is 23.0 Å². The molecule has 0 aromatic rings. The molecule has 1 aliphatic heterocycles. The number of hydrogen-bond donors (Lipinski definition) is 0. The minimum Gasteiger partial charge on any atom is -0.194 e. The molecule has 0 aliphatic carbocycles. The molecular weight excluding hydrogens is 117 g/mol. The monoisotopic (exact) mass is 121 g/mol. The lowest BCUT2D eigenvalue weighted by Crippen LogP contribution is -1.88. The summed E-state index contributed by atoms with van der Waals surface area (Å²) in [4.78, 5) is 0. The molecule has 1 rings (SSSR count). The third kappa shape index (κ3) is 1.18. The van der Waals surface area contributed by atoms with Gasteiger partial charge in [-0.1, -0.05) is 12.2 Å². The predicted octanol–water partition coefficient (Wildman–Crippen LogP) is 1.01. The normalized spacial score (nSPS) is 16.1. The lowest BCUT2D eigenvalue weighted by Gasteiger charge is -1.94. The standard InChI is InChI=1S/C5H4BNS/c7-4-5-2-1-3-8-6-5/h1-3,6H. The number of rotatable bonds is 0. The maximum absolute atomic E-state index is 8.33. The molecule has 1 heterocycles. The number of nitrogens with zero attached hydrogens (tertiary/aromatic N) is 1. The molecule has 0 saturated heterocycles. The zero-order chi connectivity index (χ0) is 5.82. The van der Waals surface area contributed by atoms with Crippen LogP contribution in [-0.2, 0) is 0 Å². The van der Waals surface area contributed by atoms with Crippen molar-refractivity contribution in [2.45, 2.75) is 0 Å². The maximum atomic E-state index is 8.33. The van der Waals surface area contributed by atoms with E-state index in [0.717, 1.165) is 12.0 Å². The molecular formula is C5H4BNS. The summed E-state index contributed by atoms with van der Waals surface area (Å²) in [6.07, 6.45) is 3.74. The topological polar surface area (TPSA) is 23.8 Å². The van der Waals surface area contributed by atoms with E-state index in [1.54, 1.807) is 11.6 Å². The molecule has 8 heavy (non-hydrogen) atoms. The molecule has 0 bridgehead atoms. The molecule has 0 spiro atoms. The van der Waals surface area contributed by atoms with Gasteiger partial charge in [0.2, 0.25) is 6.56 Å². The third-order valence-corrected chi connectivity index (χ3v) is 1.68. The van der Waals surface area contributed by atoms with Gasteiger partial charge in [0.05, 0.1) is 6.07 Å². The van der Waals surface area contributed by atoms with Gasteiger partial charge in [-0.3, -0.25) is 0 Å². The van der Waals surface area contributed by atoms with Gasteiger partial charge in [-0.05, 0) is 5.41 Å². The Kier molecular flexibility index (Phi) is 1.82. The second-order valence-electron chi connectivity index (χ2n) is 1.44. The average molecular weight is 121 g/mol. The Morgan fingerprint density at radius 2 is 2.62 bits per heavy atom. The Balaban J connectivity index is 2.67. The summed E-state index contributed by atoms with van der Waals surface area (Å²) >= 11 is 1.66. The summed E-state index contributed by atoms with van der Waals surface area (Å²) < 4.78 is 0. The highest BCUT2D eigenvalue weighted by Gasteiger charge is 1.97. The maximum Gasteiger partial charge on any atom is 0.243 e. The molecule has 0 atom stereocenters. The van der Waals surface area contributed by atoms with Crippen LogP contribution in [0.4, 0.5) is 0 Å². The number of nitriles is 1. The molecule has 1 nitrogen and oxygen atoms in total. The van der Waals surface area contributed by atoms with Crippen molar-refractivity contribution in [2.24, 2.45) is 0 Å². The van der Waals surface area contributed by atoms with Gasteiger partial charge in [-0.15, -0.1) is 0 Å². The molecule has 0 fully saturated rings. The van der Waals surface area contributed by atoms with Gasteiger partial charge in [-0.2, -0.15) is 16.9 Å².